The lowest BCUT2D eigenvalue weighted by atomic mass is 9.89. The molecule has 1 heterocycles. The highest BCUT2D eigenvalue weighted by atomic mass is 16.3. The van der Waals surface area contributed by atoms with Gasteiger partial charge in [-0.1, -0.05) is 19.9 Å². The lowest BCUT2D eigenvalue weighted by Gasteiger charge is -2.23. The molecule has 1 aliphatic carbocycles. The highest BCUT2D eigenvalue weighted by molar-refractivity contribution is 5.79. The molecule has 3 atom stereocenters. The van der Waals surface area contributed by atoms with Crippen molar-refractivity contribution in [1.29, 1.82) is 0 Å². The van der Waals surface area contributed by atoms with Gasteiger partial charge in [-0.15, -0.1) is 0 Å². The molecule has 0 saturated heterocycles. The number of hydrogen-bond donors (Lipinski definition) is 2. The fourth-order valence-corrected chi connectivity index (χ4v) is 2.92. The Hall–Kier alpha value is -1.42. The van der Waals surface area contributed by atoms with E-state index in [0.717, 1.165) is 24.8 Å². The third-order valence-corrected chi connectivity index (χ3v) is 4.23. The van der Waals surface area contributed by atoms with Crippen molar-refractivity contribution in [3.8, 4) is 0 Å². The summed E-state index contributed by atoms with van der Waals surface area (Å²) in [7, 11) is 0. The third kappa shape index (κ3) is 3.57. The van der Waals surface area contributed by atoms with Crippen molar-refractivity contribution in [2.24, 2.45) is 11.8 Å². The van der Waals surface area contributed by atoms with Gasteiger partial charge in [0.2, 0.25) is 5.91 Å². The second kappa shape index (κ2) is 6.84. The van der Waals surface area contributed by atoms with E-state index in [0.29, 0.717) is 12.5 Å². The van der Waals surface area contributed by atoms with Crippen LogP contribution in [-0.4, -0.2) is 28.6 Å². The van der Waals surface area contributed by atoms with Crippen LogP contribution in [0.15, 0.2) is 24.5 Å². The van der Waals surface area contributed by atoms with Crippen LogP contribution in [0.4, 0.5) is 0 Å². The third-order valence-electron chi connectivity index (χ3n) is 4.23. The first kappa shape index (κ1) is 15.0. The number of carbonyl (C=O) groups is 1. The van der Waals surface area contributed by atoms with Gasteiger partial charge in [0, 0.05) is 24.9 Å². The van der Waals surface area contributed by atoms with Crippen LogP contribution in [0.1, 0.15) is 44.6 Å². The van der Waals surface area contributed by atoms with Crippen LogP contribution >= 0.6 is 0 Å². The van der Waals surface area contributed by atoms with Crippen molar-refractivity contribution in [1.82, 2.24) is 10.3 Å². The van der Waals surface area contributed by atoms with E-state index in [9.17, 15) is 9.90 Å². The maximum absolute atomic E-state index is 12.1. The lowest BCUT2D eigenvalue weighted by molar-refractivity contribution is -0.127. The Morgan fingerprint density at radius 1 is 1.50 bits per heavy atom. The zero-order valence-corrected chi connectivity index (χ0v) is 12.2. The van der Waals surface area contributed by atoms with Crippen molar-refractivity contribution in [2.75, 3.05) is 6.54 Å². The molecule has 4 nitrogen and oxygen atoms in total. The number of aliphatic hydroxyl groups is 1. The van der Waals surface area contributed by atoms with Crippen molar-refractivity contribution in [3.63, 3.8) is 0 Å². The average Bonchev–Trinajstić information content (AvgIpc) is 2.86. The number of hydrogen-bond acceptors (Lipinski definition) is 3. The summed E-state index contributed by atoms with van der Waals surface area (Å²) >= 11 is 0. The normalized spacial score (nSPS) is 23.8. The minimum absolute atomic E-state index is 0.00968. The number of pyridine rings is 1. The fourth-order valence-electron chi connectivity index (χ4n) is 2.92. The second-order valence-electron chi connectivity index (χ2n) is 5.99. The number of aromatic nitrogens is 1. The molecule has 110 valence electrons. The zero-order valence-electron chi connectivity index (χ0n) is 12.2. The smallest absolute Gasteiger partial charge is 0.225 e. The summed E-state index contributed by atoms with van der Waals surface area (Å²) in [5.41, 5.74) is 1.15. The molecule has 20 heavy (non-hydrogen) atoms. The van der Waals surface area contributed by atoms with Crippen LogP contribution < -0.4 is 5.32 Å². The molecule has 0 bridgehead atoms. The Labute approximate surface area is 120 Å². The molecule has 3 unspecified atom stereocenters. The molecule has 4 heteroatoms. The molecule has 1 saturated carbocycles. The first-order valence-corrected chi connectivity index (χ1v) is 7.45. The van der Waals surface area contributed by atoms with Gasteiger partial charge in [-0.3, -0.25) is 9.78 Å². The topological polar surface area (TPSA) is 62.2 Å². The predicted octanol–water partition coefficient (Wildman–Crippen LogP) is 2.10. The fraction of sp³-hybridized carbons (Fsp3) is 0.625. The van der Waals surface area contributed by atoms with Crippen molar-refractivity contribution in [2.45, 2.75) is 45.1 Å². The maximum atomic E-state index is 12.1. The van der Waals surface area contributed by atoms with E-state index in [1.807, 2.05) is 18.3 Å². The van der Waals surface area contributed by atoms with Crippen LogP contribution in [0, 0.1) is 11.8 Å². The molecule has 1 aromatic rings. The molecule has 1 fully saturated rings. The van der Waals surface area contributed by atoms with E-state index in [1.54, 1.807) is 6.20 Å². The molecule has 2 rings (SSSR count). The van der Waals surface area contributed by atoms with Gasteiger partial charge in [0.1, 0.15) is 0 Å². The van der Waals surface area contributed by atoms with Crippen molar-refractivity contribution in [3.05, 3.63) is 30.1 Å². The minimum atomic E-state index is -0.467. The standard InChI is InChI=1S/C16H24N2O2/c1-11(2)14(12-5-4-8-17-9-12)10-18-16(20)13-6-3-7-15(13)19/h4-5,8-9,11,13-15,19H,3,6-7,10H2,1-2H3,(H,18,20). The summed E-state index contributed by atoms with van der Waals surface area (Å²) in [6.07, 6.45) is 5.64. The van der Waals surface area contributed by atoms with Crippen molar-refractivity contribution < 1.29 is 9.90 Å². The van der Waals surface area contributed by atoms with Crippen LogP contribution in [0.3, 0.4) is 0 Å². The Morgan fingerprint density at radius 3 is 2.85 bits per heavy atom. The maximum Gasteiger partial charge on any atom is 0.225 e. The number of nitrogens with one attached hydrogen (secondary N) is 1. The SMILES string of the molecule is CC(C)C(CNC(=O)C1CCCC1O)c1cccnc1. The highest BCUT2D eigenvalue weighted by Gasteiger charge is 2.31. The predicted molar refractivity (Wildman–Crippen MR) is 78.2 cm³/mol. The summed E-state index contributed by atoms with van der Waals surface area (Å²) in [6.45, 7) is 4.90. The number of amides is 1. The Bertz CT molecular complexity index is 433. The van der Waals surface area contributed by atoms with Gasteiger partial charge < -0.3 is 10.4 Å². The lowest BCUT2D eigenvalue weighted by Crippen LogP contribution is -2.37. The van der Waals surface area contributed by atoms with E-state index >= 15 is 0 Å². The second-order valence-corrected chi connectivity index (χ2v) is 5.99. The van der Waals surface area contributed by atoms with Gasteiger partial charge in [0.25, 0.3) is 0 Å². The first-order chi connectivity index (χ1) is 9.59. The van der Waals surface area contributed by atoms with Crippen LogP contribution in [0.2, 0.25) is 0 Å². The van der Waals surface area contributed by atoms with Gasteiger partial charge in [0.05, 0.1) is 12.0 Å². The van der Waals surface area contributed by atoms with Crippen LogP contribution in [-0.2, 0) is 4.79 Å². The van der Waals surface area contributed by atoms with E-state index < -0.39 is 6.10 Å². The molecular weight excluding hydrogens is 252 g/mol. The van der Waals surface area contributed by atoms with Gasteiger partial charge in [-0.25, -0.2) is 0 Å². The number of carbonyl (C=O) groups excluding carboxylic acids is 1. The molecule has 0 aromatic carbocycles. The molecule has 0 aliphatic heterocycles. The molecule has 1 aliphatic rings. The number of rotatable bonds is 5. The van der Waals surface area contributed by atoms with Gasteiger partial charge in [0.15, 0.2) is 0 Å². The average molecular weight is 276 g/mol. The molecule has 0 radical (unpaired) electrons. The molecular formula is C16H24N2O2. The summed E-state index contributed by atoms with van der Waals surface area (Å²) in [5, 5.41) is 12.8. The van der Waals surface area contributed by atoms with E-state index in [2.05, 4.69) is 24.1 Å². The Balaban J connectivity index is 1.94. The summed E-state index contributed by atoms with van der Waals surface area (Å²) in [5.74, 6) is 0.445. The van der Waals surface area contributed by atoms with E-state index in [4.69, 9.17) is 0 Å². The number of nitrogens with zero attached hydrogens (tertiary/aromatic N) is 1. The number of aliphatic hydroxyl groups excluding tert-OH is 1. The molecule has 1 amide bonds. The van der Waals surface area contributed by atoms with Gasteiger partial charge in [-0.2, -0.15) is 0 Å². The molecule has 0 spiro atoms. The van der Waals surface area contributed by atoms with Gasteiger partial charge in [-0.05, 0) is 36.8 Å². The largest absolute Gasteiger partial charge is 0.392 e. The van der Waals surface area contributed by atoms with E-state index in [1.165, 1.54) is 0 Å². The summed E-state index contributed by atoms with van der Waals surface area (Å²) < 4.78 is 0. The monoisotopic (exact) mass is 276 g/mol. The Kier molecular flexibility index (Phi) is 5.12. The van der Waals surface area contributed by atoms with Crippen molar-refractivity contribution >= 4 is 5.91 Å². The summed E-state index contributed by atoms with van der Waals surface area (Å²) in [4.78, 5) is 16.3. The molecule has 1 aromatic heterocycles. The van der Waals surface area contributed by atoms with Crippen LogP contribution in [0.25, 0.3) is 0 Å². The minimum Gasteiger partial charge on any atom is -0.392 e. The van der Waals surface area contributed by atoms with E-state index in [-0.39, 0.29) is 17.7 Å². The summed E-state index contributed by atoms with van der Waals surface area (Å²) in [6, 6.07) is 3.97. The highest BCUT2D eigenvalue weighted by Crippen LogP contribution is 2.27. The van der Waals surface area contributed by atoms with Crippen LogP contribution in [0.5, 0.6) is 0 Å². The first-order valence-electron chi connectivity index (χ1n) is 7.45. The quantitative estimate of drug-likeness (QED) is 0.865. The van der Waals surface area contributed by atoms with Gasteiger partial charge >= 0.3 is 0 Å². The molecule has 2 N–H and O–H groups in total. The zero-order chi connectivity index (χ0) is 14.5. The Morgan fingerprint density at radius 2 is 2.30 bits per heavy atom.